The first-order chi connectivity index (χ1) is 12.8. The number of aromatic nitrogens is 1. The van der Waals surface area contributed by atoms with E-state index in [1.165, 1.54) is 22.5 Å². The molecule has 1 N–H and O–H groups in total. The van der Waals surface area contributed by atoms with Crippen molar-refractivity contribution in [2.75, 3.05) is 0 Å². The Bertz CT molecular complexity index is 1080. The van der Waals surface area contributed by atoms with E-state index in [0.717, 1.165) is 16.3 Å². The molecule has 0 bridgehead atoms. The van der Waals surface area contributed by atoms with E-state index in [-0.39, 0.29) is 5.91 Å². The van der Waals surface area contributed by atoms with Crippen LogP contribution < -0.4 is 5.43 Å². The summed E-state index contributed by atoms with van der Waals surface area (Å²) in [5.41, 5.74) is 5.29. The molecule has 0 saturated heterocycles. The van der Waals surface area contributed by atoms with Crippen LogP contribution in [-0.2, 0) is 0 Å². The van der Waals surface area contributed by atoms with Gasteiger partial charge < -0.3 is 0 Å². The Morgan fingerprint density at radius 1 is 0.923 bits per heavy atom. The van der Waals surface area contributed by atoms with Crippen molar-refractivity contribution in [3.8, 4) is 0 Å². The molecule has 1 aromatic heterocycles. The normalized spacial score (nSPS) is 11.3. The van der Waals surface area contributed by atoms with Gasteiger partial charge in [-0.2, -0.15) is 5.10 Å². The maximum absolute atomic E-state index is 12.2. The fraction of sp³-hybridized carbons (Fsp3) is 0.0455. The van der Waals surface area contributed by atoms with Crippen LogP contribution in [0.2, 0.25) is 0 Å². The molecule has 4 rings (SSSR count). The second-order valence-corrected chi connectivity index (χ2v) is 6.07. The molecule has 4 nitrogen and oxygen atoms in total. The van der Waals surface area contributed by atoms with Gasteiger partial charge in [0, 0.05) is 18.0 Å². The van der Waals surface area contributed by atoms with Gasteiger partial charge >= 0.3 is 0 Å². The molecule has 126 valence electrons. The first-order valence-corrected chi connectivity index (χ1v) is 8.39. The molecule has 0 atom stereocenters. The van der Waals surface area contributed by atoms with Gasteiger partial charge in [0.2, 0.25) is 0 Å². The van der Waals surface area contributed by atoms with Gasteiger partial charge in [-0.15, -0.1) is 0 Å². The topological polar surface area (TPSA) is 54.4 Å². The van der Waals surface area contributed by atoms with E-state index in [1.807, 2.05) is 24.3 Å². The number of carbonyl (C=O) groups is 1. The van der Waals surface area contributed by atoms with Crippen molar-refractivity contribution in [2.45, 2.75) is 6.92 Å². The molecule has 1 heterocycles. The van der Waals surface area contributed by atoms with Gasteiger partial charge in [0.25, 0.3) is 5.91 Å². The zero-order valence-corrected chi connectivity index (χ0v) is 14.3. The molecule has 0 aliphatic rings. The number of hydrogen-bond donors (Lipinski definition) is 1. The van der Waals surface area contributed by atoms with Crippen LogP contribution in [-0.4, -0.2) is 17.1 Å². The summed E-state index contributed by atoms with van der Waals surface area (Å²) in [6.45, 7) is 2.13. The molecular formula is C22H17N3O. The number of hydrazone groups is 1. The van der Waals surface area contributed by atoms with Crippen LogP contribution in [0.4, 0.5) is 0 Å². The van der Waals surface area contributed by atoms with Crippen molar-refractivity contribution in [1.82, 2.24) is 10.4 Å². The summed E-state index contributed by atoms with van der Waals surface area (Å²) in [5, 5.41) is 8.80. The quantitative estimate of drug-likeness (QED) is 0.340. The van der Waals surface area contributed by atoms with E-state index < -0.39 is 0 Å². The first-order valence-electron chi connectivity index (χ1n) is 8.39. The van der Waals surface area contributed by atoms with Gasteiger partial charge in [0.1, 0.15) is 0 Å². The Balaban J connectivity index is 1.78. The van der Waals surface area contributed by atoms with E-state index in [2.05, 4.69) is 46.7 Å². The SMILES string of the molecule is Cc1c2ccccc2c(/C=N/NC(=O)c2cccnc2)c2ccccc12. The minimum Gasteiger partial charge on any atom is -0.267 e. The highest BCUT2D eigenvalue weighted by atomic mass is 16.2. The highest BCUT2D eigenvalue weighted by molar-refractivity contribution is 6.15. The minimum atomic E-state index is -0.282. The molecule has 0 radical (unpaired) electrons. The third kappa shape index (κ3) is 2.82. The fourth-order valence-electron chi connectivity index (χ4n) is 3.24. The van der Waals surface area contributed by atoms with Crippen molar-refractivity contribution in [1.29, 1.82) is 0 Å². The van der Waals surface area contributed by atoms with Crippen molar-refractivity contribution in [3.63, 3.8) is 0 Å². The monoisotopic (exact) mass is 339 g/mol. The van der Waals surface area contributed by atoms with Crippen LogP contribution >= 0.6 is 0 Å². The van der Waals surface area contributed by atoms with Crippen LogP contribution in [0.1, 0.15) is 21.5 Å². The lowest BCUT2D eigenvalue weighted by molar-refractivity contribution is 0.0955. The lowest BCUT2D eigenvalue weighted by atomic mass is 9.93. The average Bonchev–Trinajstić information content (AvgIpc) is 2.71. The van der Waals surface area contributed by atoms with Crippen molar-refractivity contribution >= 4 is 33.7 Å². The smallest absolute Gasteiger partial charge is 0.267 e. The summed E-state index contributed by atoms with van der Waals surface area (Å²) in [7, 11) is 0. The predicted octanol–water partition coefficient (Wildman–Crippen LogP) is 4.46. The zero-order chi connectivity index (χ0) is 17.9. The van der Waals surface area contributed by atoms with Crippen LogP contribution in [0, 0.1) is 6.92 Å². The fourth-order valence-corrected chi connectivity index (χ4v) is 3.24. The highest BCUT2D eigenvalue weighted by Crippen LogP contribution is 2.31. The number of pyridine rings is 1. The Morgan fingerprint density at radius 3 is 2.12 bits per heavy atom. The number of amides is 1. The standard InChI is InChI=1S/C22H17N3O/c1-15-17-8-2-4-10-19(17)21(20-11-5-3-9-18(15)20)14-24-25-22(26)16-7-6-12-23-13-16/h2-14H,1H3,(H,25,26)/b24-14+. The molecule has 0 fully saturated rings. The molecule has 0 aliphatic heterocycles. The summed E-state index contributed by atoms with van der Waals surface area (Å²) in [4.78, 5) is 16.1. The Morgan fingerprint density at radius 2 is 1.54 bits per heavy atom. The number of carbonyl (C=O) groups excluding carboxylic acids is 1. The second kappa shape index (κ2) is 6.76. The van der Waals surface area contributed by atoms with E-state index in [9.17, 15) is 4.79 Å². The predicted molar refractivity (Wildman–Crippen MR) is 105 cm³/mol. The number of fused-ring (bicyclic) bond motifs is 2. The Hall–Kier alpha value is -3.53. The highest BCUT2D eigenvalue weighted by Gasteiger charge is 2.09. The molecule has 26 heavy (non-hydrogen) atoms. The zero-order valence-electron chi connectivity index (χ0n) is 14.3. The summed E-state index contributed by atoms with van der Waals surface area (Å²) in [5.74, 6) is -0.282. The molecule has 1 amide bonds. The van der Waals surface area contributed by atoms with Crippen LogP contribution in [0.15, 0.2) is 78.2 Å². The van der Waals surface area contributed by atoms with E-state index in [0.29, 0.717) is 5.56 Å². The third-order valence-electron chi connectivity index (χ3n) is 4.53. The molecule has 0 spiro atoms. The van der Waals surface area contributed by atoms with Gasteiger partial charge in [-0.05, 0) is 46.2 Å². The van der Waals surface area contributed by atoms with Gasteiger partial charge in [0.15, 0.2) is 0 Å². The number of nitrogens with one attached hydrogen (secondary N) is 1. The maximum atomic E-state index is 12.2. The van der Waals surface area contributed by atoms with Crippen molar-refractivity contribution in [2.24, 2.45) is 5.10 Å². The largest absolute Gasteiger partial charge is 0.272 e. The van der Waals surface area contributed by atoms with E-state index in [4.69, 9.17) is 0 Å². The number of aryl methyl sites for hydroxylation is 1. The molecule has 3 aromatic carbocycles. The summed E-state index contributed by atoms with van der Waals surface area (Å²) in [6.07, 6.45) is 4.87. The molecule has 0 aliphatic carbocycles. The number of benzene rings is 3. The number of nitrogens with zero attached hydrogens (tertiary/aromatic N) is 2. The lowest BCUT2D eigenvalue weighted by Crippen LogP contribution is -2.17. The summed E-state index contributed by atoms with van der Waals surface area (Å²) < 4.78 is 0. The molecule has 4 aromatic rings. The molecule has 0 unspecified atom stereocenters. The third-order valence-corrected chi connectivity index (χ3v) is 4.53. The number of hydrogen-bond acceptors (Lipinski definition) is 3. The van der Waals surface area contributed by atoms with Crippen molar-refractivity contribution < 1.29 is 4.79 Å². The van der Waals surface area contributed by atoms with Crippen LogP contribution in [0.25, 0.3) is 21.5 Å². The van der Waals surface area contributed by atoms with Gasteiger partial charge in [-0.25, -0.2) is 5.43 Å². The Kier molecular flexibility index (Phi) is 4.15. The van der Waals surface area contributed by atoms with Gasteiger partial charge in [-0.1, -0.05) is 48.5 Å². The van der Waals surface area contributed by atoms with Gasteiger partial charge in [-0.3, -0.25) is 9.78 Å². The molecule has 4 heteroatoms. The second-order valence-electron chi connectivity index (χ2n) is 6.07. The Labute approximate surface area is 151 Å². The summed E-state index contributed by atoms with van der Waals surface area (Å²) in [6, 6.07) is 19.9. The number of rotatable bonds is 3. The van der Waals surface area contributed by atoms with Gasteiger partial charge in [0.05, 0.1) is 11.8 Å². The minimum absolute atomic E-state index is 0.282. The summed E-state index contributed by atoms with van der Waals surface area (Å²) >= 11 is 0. The first kappa shape index (κ1) is 16.0. The van der Waals surface area contributed by atoms with Crippen LogP contribution in [0.5, 0.6) is 0 Å². The van der Waals surface area contributed by atoms with E-state index in [1.54, 1.807) is 24.5 Å². The van der Waals surface area contributed by atoms with E-state index >= 15 is 0 Å². The van der Waals surface area contributed by atoms with Crippen molar-refractivity contribution in [3.05, 3.63) is 89.7 Å². The lowest BCUT2D eigenvalue weighted by Gasteiger charge is -2.11. The molecule has 0 saturated carbocycles. The van der Waals surface area contributed by atoms with Crippen LogP contribution in [0.3, 0.4) is 0 Å². The average molecular weight is 339 g/mol. The molecular weight excluding hydrogens is 322 g/mol. The maximum Gasteiger partial charge on any atom is 0.272 e.